The quantitative estimate of drug-likeness (QED) is 0.804. The molecule has 15 heavy (non-hydrogen) atoms. The summed E-state index contributed by atoms with van der Waals surface area (Å²) < 4.78 is 5.52. The van der Waals surface area contributed by atoms with Crippen LogP contribution in [0, 0.1) is 0 Å². The highest BCUT2D eigenvalue weighted by Gasteiger charge is 2.16. The van der Waals surface area contributed by atoms with Gasteiger partial charge in [-0.3, -0.25) is 0 Å². The van der Waals surface area contributed by atoms with E-state index in [1.54, 1.807) is 18.2 Å². The zero-order valence-electron chi connectivity index (χ0n) is 8.32. The van der Waals surface area contributed by atoms with E-state index in [1.807, 2.05) is 0 Å². The molecule has 1 heterocycles. The van der Waals surface area contributed by atoms with Crippen molar-refractivity contribution in [3.05, 3.63) is 35.4 Å². The topological polar surface area (TPSA) is 46.5 Å². The van der Waals surface area contributed by atoms with Crippen molar-refractivity contribution in [3.63, 3.8) is 0 Å². The van der Waals surface area contributed by atoms with Crippen LogP contribution in [0.3, 0.4) is 0 Å². The van der Waals surface area contributed by atoms with Crippen LogP contribution in [0.25, 0.3) is 6.08 Å². The number of fused-ring (bicyclic) bond motifs is 1. The maximum absolute atomic E-state index is 10.9. The fourth-order valence-electron chi connectivity index (χ4n) is 1.79. The minimum absolute atomic E-state index is 0.300. The van der Waals surface area contributed by atoms with Gasteiger partial charge in [0.2, 0.25) is 0 Å². The highest BCUT2D eigenvalue weighted by Crippen LogP contribution is 2.31. The fraction of sp³-hybridized carbons (Fsp3) is 0.250. The number of carboxylic acids is 1. The standard InChI is InChI=1S/C12H12O3/c1-2-8-6-10(12(13)14)7-9-4-3-5-15-11(8)9/h2,6-7H,1,3-5H2,(H,13,14). The van der Waals surface area contributed by atoms with E-state index in [2.05, 4.69) is 6.58 Å². The number of carboxylic acid groups (broad SMARTS) is 1. The van der Waals surface area contributed by atoms with E-state index in [1.165, 1.54) is 0 Å². The predicted octanol–water partition coefficient (Wildman–Crippen LogP) is 2.35. The summed E-state index contributed by atoms with van der Waals surface area (Å²) in [5.41, 5.74) is 2.04. The van der Waals surface area contributed by atoms with Gasteiger partial charge in [0, 0.05) is 5.56 Å². The van der Waals surface area contributed by atoms with Crippen molar-refractivity contribution in [2.75, 3.05) is 6.61 Å². The van der Waals surface area contributed by atoms with Crippen molar-refractivity contribution in [1.82, 2.24) is 0 Å². The highest BCUT2D eigenvalue weighted by molar-refractivity contribution is 5.89. The number of rotatable bonds is 2. The molecule has 3 heteroatoms. The maximum atomic E-state index is 10.9. The SMILES string of the molecule is C=Cc1cc(C(=O)O)cc2c1OCCC2. The Labute approximate surface area is 88.0 Å². The monoisotopic (exact) mass is 204 g/mol. The Hall–Kier alpha value is -1.77. The molecule has 1 aromatic rings. The van der Waals surface area contributed by atoms with Gasteiger partial charge >= 0.3 is 5.97 Å². The van der Waals surface area contributed by atoms with Gasteiger partial charge in [0.05, 0.1) is 12.2 Å². The first-order chi connectivity index (χ1) is 7.22. The van der Waals surface area contributed by atoms with Crippen LogP contribution in [0.5, 0.6) is 5.75 Å². The van der Waals surface area contributed by atoms with E-state index in [0.29, 0.717) is 12.2 Å². The molecule has 1 aliphatic heterocycles. The minimum Gasteiger partial charge on any atom is -0.493 e. The van der Waals surface area contributed by atoms with Gasteiger partial charge in [0.15, 0.2) is 0 Å². The van der Waals surface area contributed by atoms with E-state index in [9.17, 15) is 4.79 Å². The average molecular weight is 204 g/mol. The van der Waals surface area contributed by atoms with Crippen LogP contribution < -0.4 is 4.74 Å². The zero-order chi connectivity index (χ0) is 10.8. The average Bonchev–Trinajstić information content (AvgIpc) is 2.27. The van der Waals surface area contributed by atoms with Crippen LogP contribution >= 0.6 is 0 Å². The number of hydrogen-bond acceptors (Lipinski definition) is 2. The molecule has 0 aromatic heterocycles. The lowest BCUT2D eigenvalue weighted by Crippen LogP contribution is -2.11. The Morgan fingerprint density at radius 3 is 3.00 bits per heavy atom. The normalized spacial score (nSPS) is 13.9. The fourth-order valence-corrected chi connectivity index (χ4v) is 1.79. The summed E-state index contributed by atoms with van der Waals surface area (Å²) in [6.45, 7) is 4.36. The van der Waals surface area contributed by atoms with E-state index in [4.69, 9.17) is 9.84 Å². The molecule has 1 aromatic carbocycles. The van der Waals surface area contributed by atoms with E-state index >= 15 is 0 Å². The van der Waals surface area contributed by atoms with Crippen LogP contribution in [0.15, 0.2) is 18.7 Å². The smallest absolute Gasteiger partial charge is 0.335 e. The highest BCUT2D eigenvalue weighted by atomic mass is 16.5. The summed E-state index contributed by atoms with van der Waals surface area (Å²) in [4.78, 5) is 10.9. The second kappa shape index (κ2) is 3.77. The molecule has 0 fully saturated rings. The van der Waals surface area contributed by atoms with Gasteiger partial charge in [0.25, 0.3) is 0 Å². The van der Waals surface area contributed by atoms with Crippen LogP contribution in [-0.2, 0) is 6.42 Å². The summed E-state index contributed by atoms with van der Waals surface area (Å²) in [6, 6.07) is 3.28. The predicted molar refractivity (Wildman–Crippen MR) is 57.3 cm³/mol. The molecule has 78 valence electrons. The van der Waals surface area contributed by atoms with Crippen molar-refractivity contribution in [1.29, 1.82) is 0 Å². The number of aryl methyl sites for hydroxylation is 1. The first kappa shape index (κ1) is 9.77. The first-order valence-electron chi connectivity index (χ1n) is 4.88. The van der Waals surface area contributed by atoms with Crippen molar-refractivity contribution < 1.29 is 14.6 Å². The summed E-state index contributed by atoms with van der Waals surface area (Å²) in [5, 5.41) is 8.93. The maximum Gasteiger partial charge on any atom is 0.335 e. The summed E-state index contributed by atoms with van der Waals surface area (Å²) in [6.07, 6.45) is 3.44. The second-order valence-electron chi connectivity index (χ2n) is 3.52. The lowest BCUT2D eigenvalue weighted by molar-refractivity contribution is 0.0696. The lowest BCUT2D eigenvalue weighted by atomic mass is 9.99. The summed E-state index contributed by atoms with van der Waals surface area (Å²) in [7, 11) is 0. The van der Waals surface area contributed by atoms with Gasteiger partial charge in [0.1, 0.15) is 5.75 Å². The van der Waals surface area contributed by atoms with E-state index < -0.39 is 5.97 Å². The molecule has 0 spiro atoms. The van der Waals surface area contributed by atoms with Crippen molar-refractivity contribution in [3.8, 4) is 5.75 Å². The van der Waals surface area contributed by atoms with Crippen molar-refractivity contribution in [2.24, 2.45) is 0 Å². The van der Waals surface area contributed by atoms with Gasteiger partial charge in [-0.15, -0.1) is 0 Å². The van der Waals surface area contributed by atoms with Gasteiger partial charge in [-0.25, -0.2) is 4.79 Å². The molecule has 1 aliphatic rings. The van der Waals surface area contributed by atoms with Crippen molar-refractivity contribution in [2.45, 2.75) is 12.8 Å². The van der Waals surface area contributed by atoms with Gasteiger partial charge < -0.3 is 9.84 Å². The number of benzene rings is 1. The molecule has 0 radical (unpaired) electrons. The summed E-state index contributed by atoms with van der Waals surface area (Å²) >= 11 is 0. The minimum atomic E-state index is -0.911. The van der Waals surface area contributed by atoms with Crippen LogP contribution in [0.2, 0.25) is 0 Å². The molecular weight excluding hydrogens is 192 g/mol. The molecule has 3 nitrogen and oxygen atoms in total. The lowest BCUT2D eigenvalue weighted by Gasteiger charge is -2.19. The molecule has 0 amide bonds. The Bertz CT molecular complexity index is 421. The summed E-state index contributed by atoms with van der Waals surface area (Å²) in [5.74, 6) is -0.118. The van der Waals surface area contributed by atoms with E-state index in [-0.39, 0.29) is 0 Å². The van der Waals surface area contributed by atoms with Gasteiger partial charge in [-0.05, 0) is 30.5 Å². The third-order valence-corrected chi connectivity index (χ3v) is 2.50. The molecular formula is C12H12O3. The van der Waals surface area contributed by atoms with Gasteiger partial charge in [-0.1, -0.05) is 12.7 Å². The Morgan fingerprint density at radius 2 is 2.33 bits per heavy atom. The zero-order valence-corrected chi connectivity index (χ0v) is 8.32. The Morgan fingerprint density at radius 1 is 1.53 bits per heavy atom. The molecule has 2 rings (SSSR count). The van der Waals surface area contributed by atoms with Crippen LogP contribution in [0.1, 0.15) is 27.9 Å². The first-order valence-corrected chi connectivity index (χ1v) is 4.88. The third-order valence-electron chi connectivity index (χ3n) is 2.50. The number of ether oxygens (including phenoxy) is 1. The number of carbonyl (C=O) groups is 1. The number of aromatic carboxylic acids is 1. The largest absolute Gasteiger partial charge is 0.493 e. The second-order valence-corrected chi connectivity index (χ2v) is 3.52. The number of hydrogen-bond donors (Lipinski definition) is 1. The van der Waals surface area contributed by atoms with Crippen LogP contribution in [-0.4, -0.2) is 17.7 Å². The van der Waals surface area contributed by atoms with Gasteiger partial charge in [-0.2, -0.15) is 0 Å². The third kappa shape index (κ3) is 1.73. The molecule has 0 atom stereocenters. The molecule has 0 aliphatic carbocycles. The molecule has 0 saturated heterocycles. The van der Waals surface area contributed by atoms with E-state index in [0.717, 1.165) is 29.7 Å². The Balaban J connectivity index is 2.57. The molecule has 0 saturated carbocycles. The van der Waals surface area contributed by atoms with Crippen LogP contribution in [0.4, 0.5) is 0 Å². The Kier molecular flexibility index (Phi) is 2.46. The van der Waals surface area contributed by atoms with Crippen molar-refractivity contribution >= 4 is 12.0 Å². The molecule has 0 unspecified atom stereocenters. The molecule has 0 bridgehead atoms. The molecule has 1 N–H and O–H groups in total.